The highest BCUT2D eigenvalue weighted by Crippen LogP contribution is 2.46. The highest BCUT2D eigenvalue weighted by atomic mass is 16.5. The molecule has 0 saturated heterocycles. The van der Waals surface area contributed by atoms with E-state index < -0.39 is 0 Å². The van der Waals surface area contributed by atoms with E-state index >= 15 is 0 Å². The maximum atomic E-state index is 9.26. The predicted octanol–water partition coefficient (Wildman–Crippen LogP) is 3.52. The Labute approximate surface area is 151 Å². The summed E-state index contributed by atoms with van der Waals surface area (Å²) in [5.41, 5.74) is 4.51. The maximum absolute atomic E-state index is 9.26. The Morgan fingerprint density at radius 3 is 2.58 bits per heavy atom. The number of hydrogen-bond donors (Lipinski definition) is 1. The van der Waals surface area contributed by atoms with Crippen LogP contribution in [0.1, 0.15) is 52.7 Å². The third kappa shape index (κ3) is 2.94. The number of aromatic amines is 1. The summed E-state index contributed by atoms with van der Waals surface area (Å²) in [6.45, 7) is 6.40. The van der Waals surface area contributed by atoms with Crippen LogP contribution >= 0.6 is 0 Å². The standard InChI is InChI=1S/C19H20N6O/c1-11-6-15(7-12(2)16(11)8-20)26-19-13(3)25(9-17-21-10-22-23-17)24-18(19)14-4-5-14/h6-7,10,14H,4-5,9H2,1-3H3,(H,21,22,23). The van der Waals surface area contributed by atoms with E-state index in [1.807, 2.05) is 37.6 Å². The molecule has 0 aliphatic heterocycles. The molecule has 2 heterocycles. The van der Waals surface area contributed by atoms with Gasteiger partial charge in [0, 0.05) is 5.92 Å². The Kier molecular flexibility index (Phi) is 3.96. The van der Waals surface area contributed by atoms with Crippen LogP contribution < -0.4 is 4.74 Å². The molecule has 1 aliphatic rings. The van der Waals surface area contributed by atoms with Gasteiger partial charge in [0.15, 0.2) is 11.6 Å². The van der Waals surface area contributed by atoms with Gasteiger partial charge in [-0.15, -0.1) is 10.2 Å². The van der Waals surface area contributed by atoms with Crippen LogP contribution in [0.4, 0.5) is 0 Å². The topological polar surface area (TPSA) is 92.4 Å². The monoisotopic (exact) mass is 348 g/mol. The molecule has 4 rings (SSSR count). The second-order valence-corrected chi connectivity index (χ2v) is 6.81. The number of rotatable bonds is 5. The number of nitriles is 1. The molecule has 1 fully saturated rings. The highest BCUT2D eigenvalue weighted by Gasteiger charge is 2.32. The van der Waals surface area contributed by atoms with Crippen LogP contribution in [-0.4, -0.2) is 25.0 Å². The SMILES string of the molecule is Cc1cc(Oc2c(C3CC3)nn(Cc3nnc[nH]3)c2C)cc(C)c1C#N. The van der Waals surface area contributed by atoms with Gasteiger partial charge in [-0.1, -0.05) is 0 Å². The molecule has 0 unspecified atom stereocenters. The lowest BCUT2D eigenvalue weighted by Gasteiger charge is -2.10. The molecule has 7 heteroatoms. The van der Waals surface area contributed by atoms with Crippen LogP contribution in [0.2, 0.25) is 0 Å². The van der Waals surface area contributed by atoms with Gasteiger partial charge in [0.05, 0.1) is 17.3 Å². The van der Waals surface area contributed by atoms with Crippen molar-refractivity contribution in [3.05, 3.63) is 52.4 Å². The highest BCUT2D eigenvalue weighted by molar-refractivity contribution is 5.50. The molecular formula is C19H20N6O. The summed E-state index contributed by atoms with van der Waals surface area (Å²) >= 11 is 0. The number of ether oxygens (including phenoxy) is 1. The normalized spacial score (nSPS) is 13.6. The van der Waals surface area contributed by atoms with Gasteiger partial charge in [-0.2, -0.15) is 10.4 Å². The largest absolute Gasteiger partial charge is 0.453 e. The summed E-state index contributed by atoms with van der Waals surface area (Å²) in [4.78, 5) is 3.01. The Morgan fingerprint density at radius 1 is 1.27 bits per heavy atom. The van der Waals surface area contributed by atoms with Crippen molar-refractivity contribution in [2.24, 2.45) is 0 Å². The molecule has 7 nitrogen and oxygen atoms in total. The average Bonchev–Trinajstić information content (AvgIpc) is 3.24. The van der Waals surface area contributed by atoms with Crippen molar-refractivity contribution in [3.63, 3.8) is 0 Å². The zero-order valence-corrected chi connectivity index (χ0v) is 15.1. The number of hydrogen-bond acceptors (Lipinski definition) is 5. The Bertz CT molecular complexity index is 969. The maximum Gasteiger partial charge on any atom is 0.171 e. The third-order valence-corrected chi connectivity index (χ3v) is 4.75. The van der Waals surface area contributed by atoms with Crippen LogP contribution in [0.3, 0.4) is 0 Å². The summed E-state index contributed by atoms with van der Waals surface area (Å²) < 4.78 is 8.17. The lowest BCUT2D eigenvalue weighted by atomic mass is 10.0. The van der Waals surface area contributed by atoms with Gasteiger partial charge in [-0.3, -0.25) is 4.68 Å². The molecule has 132 valence electrons. The van der Waals surface area contributed by atoms with E-state index in [-0.39, 0.29) is 0 Å². The molecule has 0 radical (unpaired) electrons. The molecule has 0 bridgehead atoms. The van der Waals surface area contributed by atoms with Gasteiger partial charge >= 0.3 is 0 Å². The molecule has 0 amide bonds. The molecule has 0 spiro atoms. The Morgan fingerprint density at radius 2 is 2.00 bits per heavy atom. The third-order valence-electron chi connectivity index (χ3n) is 4.75. The van der Waals surface area contributed by atoms with Gasteiger partial charge in [0.2, 0.25) is 0 Å². The van der Waals surface area contributed by atoms with E-state index in [4.69, 9.17) is 9.84 Å². The Balaban J connectivity index is 1.70. The average molecular weight is 348 g/mol. The van der Waals surface area contributed by atoms with Crippen molar-refractivity contribution in [1.82, 2.24) is 25.0 Å². The lowest BCUT2D eigenvalue weighted by molar-refractivity contribution is 0.470. The second-order valence-electron chi connectivity index (χ2n) is 6.81. The number of aromatic nitrogens is 5. The molecule has 26 heavy (non-hydrogen) atoms. The Hall–Kier alpha value is -3.14. The first-order valence-corrected chi connectivity index (χ1v) is 8.68. The second kappa shape index (κ2) is 6.30. The fourth-order valence-electron chi connectivity index (χ4n) is 3.18. The number of nitrogens with zero attached hydrogens (tertiary/aromatic N) is 5. The molecule has 3 aromatic rings. The van der Waals surface area contributed by atoms with E-state index in [2.05, 4.69) is 21.3 Å². The van der Waals surface area contributed by atoms with Crippen molar-refractivity contribution in [1.29, 1.82) is 5.26 Å². The fourth-order valence-corrected chi connectivity index (χ4v) is 3.18. The summed E-state index contributed by atoms with van der Waals surface area (Å²) in [5.74, 6) is 2.77. The van der Waals surface area contributed by atoms with Gasteiger partial charge < -0.3 is 9.72 Å². The first kappa shape index (κ1) is 16.3. The van der Waals surface area contributed by atoms with Gasteiger partial charge in [-0.25, -0.2) is 0 Å². The van der Waals surface area contributed by atoms with E-state index in [9.17, 15) is 5.26 Å². The minimum atomic E-state index is 0.459. The summed E-state index contributed by atoms with van der Waals surface area (Å²) in [6, 6.07) is 6.07. The van der Waals surface area contributed by atoms with Crippen molar-refractivity contribution in [2.75, 3.05) is 0 Å². The van der Waals surface area contributed by atoms with Crippen molar-refractivity contribution >= 4 is 0 Å². The number of benzene rings is 1. The van der Waals surface area contributed by atoms with Crippen molar-refractivity contribution < 1.29 is 4.74 Å². The molecule has 1 saturated carbocycles. The van der Waals surface area contributed by atoms with E-state index in [0.29, 0.717) is 18.0 Å². The summed E-state index contributed by atoms with van der Waals surface area (Å²) in [5, 5.41) is 21.9. The van der Waals surface area contributed by atoms with Gasteiger partial charge in [-0.05, 0) is 56.9 Å². The van der Waals surface area contributed by atoms with E-state index in [1.165, 1.54) is 0 Å². The van der Waals surface area contributed by atoms with Crippen LogP contribution in [-0.2, 0) is 6.54 Å². The predicted molar refractivity (Wildman–Crippen MR) is 95.1 cm³/mol. The van der Waals surface area contributed by atoms with Gasteiger partial charge in [0.25, 0.3) is 0 Å². The molecule has 2 aromatic heterocycles. The van der Waals surface area contributed by atoms with Crippen LogP contribution in [0.15, 0.2) is 18.5 Å². The summed E-state index contributed by atoms with van der Waals surface area (Å²) in [6.07, 6.45) is 3.84. The minimum absolute atomic E-state index is 0.459. The first-order chi connectivity index (χ1) is 12.6. The first-order valence-electron chi connectivity index (χ1n) is 8.68. The van der Waals surface area contributed by atoms with Gasteiger partial charge in [0.1, 0.15) is 24.3 Å². The number of H-pyrrole nitrogens is 1. The zero-order chi connectivity index (χ0) is 18.3. The smallest absolute Gasteiger partial charge is 0.171 e. The van der Waals surface area contributed by atoms with Crippen molar-refractivity contribution in [2.45, 2.75) is 46.1 Å². The summed E-state index contributed by atoms with van der Waals surface area (Å²) in [7, 11) is 0. The van der Waals surface area contributed by atoms with Crippen molar-refractivity contribution in [3.8, 4) is 17.6 Å². The molecule has 1 N–H and O–H groups in total. The minimum Gasteiger partial charge on any atom is -0.453 e. The molecular weight excluding hydrogens is 328 g/mol. The molecule has 1 aliphatic carbocycles. The fraction of sp³-hybridized carbons (Fsp3) is 0.368. The molecule has 1 aromatic carbocycles. The van der Waals surface area contributed by atoms with E-state index in [1.54, 1.807) is 6.33 Å². The lowest BCUT2D eigenvalue weighted by Crippen LogP contribution is -2.05. The van der Waals surface area contributed by atoms with Crippen LogP contribution in [0, 0.1) is 32.1 Å². The van der Waals surface area contributed by atoms with E-state index in [0.717, 1.165) is 52.7 Å². The number of nitrogens with one attached hydrogen (secondary N) is 1. The van der Waals surface area contributed by atoms with Crippen LogP contribution in [0.5, 0.6) is 11.5 Å². The van der Waals surface area contributed by atoms with Crippen LogP contribution in [0.25, 0.3) is 0 Å². The number of aryl methyl sites for hydroxylation is 2. The molecule has 0 atom stereocenters. The zero-order valence-electron chi connectivity index (χ0n) is 15.1. The quantitative estimate of drug-likeness (QED) is 0.761.